The van der Waals surface area contributed by atoms with E-state index in [9.17, 15) is 27.2 Å². The topological polar surface area (TPSA) is 78.4 Å². The van der Waals surface area contributed by atoms with Crippen LogP contribution in [0.25, 0.3) is 0 Å². The number of nitrogens with one attached hydrogen (secondary N) is 2. The fourth-order valence-corrected chi connectivity index (χ4v) is 1.48. The Morgan fingerprint density at radius 2 is 1.95 bits per heavy atom. The average Bonchev–Trinajstić information content (AvgIpc) is 2.36. The van der Waals surface area contributed by atoms with E-state index in [0.717, 1.165) is 6.07 Å². The van der Waals surface area contributed by atoms with Crippen molar-refractivity contribution in [1.82, 2.24) is 5.32 Å². The van der Waals surface area contributed by atoms with Gasteiger partial charge in [0.05, 0.1) is 5.56 Å². The molecule has 0 aromatic heterocycles. The van der Waals surface area contributed by atoms with E-state index in [1.54, 1.807) is 0 Å². The molecule has 5 nitrogen and oxygen atoms in total. The van der Waals surface area contributed by atoms with Gasteiger partial charge in [-0.1, -0.05) is 6.92 Å². The van der Waals surface area contributed by atoms with Crippen LogP contribution in [-0.2, 0) is 11.0 Å². The number of carbonyl (C=O) groups is 2. The second-order valence-electron chi connectivity index (χ2n) is 4.09. The van der Waals surface area contributed by atoms with Gasteiger partial charge < -0.3 is 15.7 Å². The number of benzene rings is 1. The number of carboxylic acids is 1. The molecule has 0 radical (unpaired) electrons. The Bertz CT molecular complexity index is 546. The molecule has 0 saturated carbocycles. The Labute approximate surface area is 117 Å². The number of urea groups is 1. The van der Waals surface area contributed by atoms with Crippen LogP contribution >= 0.6 is 0 Å². The van der Waals surface area contributed by atoms with E-state index >= 15 is 0 Å². The van der Waals surface area contributed by atoms with Crippen molar-refractivity contribution in [3.63, 3.8) is 0 Å². The summed E-state index contributed by atoms with van der Waals surface area (Å²) in [5.74, 6) is -2.74. The largest absolute Gasteiger partial charge is 0.480 e. The molecular weight excluding hydrogens is 296 g/mol. The van der Waals surface area contributed by atoms with E-state index in [0.29, 0.717) is 12.1 Å². The quantitative estimate of drug-likeness (QED) is 0.748. The first-order valence-electron chi connectivity index (χ1n) is 5.82. The summed E-state index contributed by atoms with van der Waals surface area (Å²) < 4.78 is 50.5. The first-order valence-corrected chi connectivity index (χ1v) is 5.82. The monoisotopic (exact) mass is 308 g/mol. The molecule has 2 amide bonds. The number of alkyl halides is 3. The van der Waals surface area contributed by atoms with Crippen molar-refractivity contribution in [3.8, 4) is 0 Å². The van der Waals surface area contributed by atoms with Crippen LogP contribution in [0.1, 0.15) is 18.9 Å². The summed E-state index contributed by atoms with van der Waals surface area (Å²) >= 11 is 0. The summed E-state index contributed by atoms with van der Waals surface area (Å²) in [7, 11) is 0. The molecule has 1 aromatic rings. The predicted octanol–water partition coefficient (Wildman–Crippen LogP) is 2.83. The molecule has 0 heterocycles. The Morgan fingerprint density at radius 1 is 1.33 bits per heavy atom. The summed E-state index contributed by atoms with van der Waals surface area (Å²) in [6, 6.07) is -0.244. The fourth-order valence-electron chi connectivity index (χ4n) is 1.48. The minimum atomic E-state index is -4.90. The maximum Gasteiger partial charge on any atom is 0.419 e. The third-order valence-electron chi connectivity index (χ3n) is 2.54. The first kappa shape index (κ1) is 16.7. The van der Waals surface area contributed by atoms with E-state index < -0.39 is 35.6 Å². The van der Waals surface area contributed by atoms with Crippen LogP contribution in [0.4, 0.5) is 28.0 Å². The van der Waals surface area contributed by atoms with Crippen LogP contribution in [0.5, 0.6) is 0 Å². The van der Waals surface area contributed by atoms with Gasteiger partial charge in [0.2, 0.25) is 0 Å². The Balaban J connectivity index is 2.84. The fraction of sp³-hybridized carbons (Fsp3) is 0.333. The van der Waals surface area contributed by atoms with Gasteiger partial charge in [0, 0.05) is 5.69 Å². The summed E-state index contributed by atoms with van der Waals surface area (Å²) in [5, 5.41) is 12.8. The van der Waals surface area contributed by atoms with Crippen LogP contribution in [0.3, 0.4) is 0 Å². The lowest BCUT2D eigenvalue weighted by atomic mass is 10.2. The molecule has 0 aliphatic rings. The number of halogens is 4. The highest BCUT2D eigenvalue weighted by Crippen LogP contribution is 2.32. The average molecular weight is 308 g/mol. The number of hydrogen-bond donors (Lipinski definition) is 3. The van der Waals surface area contributed by atoms with E-state index in [4.69, 9.17) is 5.11 Å². The van der Waals surface area contributed by atoms with Gasteiger partial charge in [-0.05, 0) is 24.6 Å². The Kier molecular flexibility index (Phi) is 5.12. The maximum atomic E-state index is 13.0. The van der Waals surface area contributed by atoms with Crippen molar-refractivity contribution in [2.24, 2.45) is 0 Å². The molecule has 3 N–H and O–H groups in total. The van der Waals surface area contributed by atoms with E-state index in [-0.39, 0.29) is 12.1 Å². The van der Waals surface area contributed by atoms with Crippen molar-refractivity contribution in [3.05, 3.63) is 29.6 Å². The van der Waals surface area contributed by atoms with E-state index in [2.05, 4.69) is 5.32 Å². The molecule has 0 saturated heterocycles. The van der Waals surface area contributed by atoms with Gasteiger partial charge in [-0.25, -0.2) is 14.0 Å². The van der Waals surface area contributed by atoms with Crippen LogP contribution in [0.2, 0.25) is 0 Å². The van der Waals surface area contributed by atoms with Gasteiger partial charge in [0.15, 0.2) is 0 Å². The Hall–Kier alpha value is -2.32. The number of amides is 2. The zero-order chi connectivity index (χ0) is 16.2. The molecule has 0 aliphatic heterocycles. The molecular formula is C12H12F4N2O3. The lowest BCUT2D eigenvalue weighted by molar-refractivity contribution is -0.140. The van der Waals surface area contributed by atoms with Gasteiger partial charge in [-0.3, -0.25) is 0 Å². The summed E-state index contributed by atoms with van der Waals surface area (Å²) in [5.41, 5.74) is -1.83. The molecule has 1 aromatic carbocycles. The number of hydrogen-bond acceptors (Lipinski definition) is 2. The Morgan fingerprint density at radius 3 is 2.43 bits per heavy atom. The number of aliphatic carboxylic acids is 1. The summed E-state index contributed by atoms with van der Waals surface area (Å²) in [6.45, 7) is 1.51. The van der Waals surface area contributed by atoms with Crippen molar-refractivity contribution in [2.75, 3.05) is 5.32 Å². The van der Waals surface area contributed by atoms with Gasteiger partial charge in [0.25, 0.3) is 0 Å². The molecule has 0 fully saturated rings. The second-order valence-corrected chi connectivity index (χ2v) is 4.09. The molecule has 0 bridgehead atoms. The minimum Gasteiger partial charge on any atom is -0.480 e. The highest BCUT2D eigenvalue weighted by Gasteiger charge is 2.34. The molecule has 1 unspecified atom stereocenters. The third kappa shape index (κ3) is 4.62. The zero-order valence-electron chi connectivity index (χ0n) is 10.8. The number of rotatable bonds is 4. The SMILES string of the molecule is CCC(NC(=O)Nc1ccc(F)c(C(F)(F)F)c1)C(=O)O. The minimum absolute atomic E-state index is 0.0972. The van der Waals surface area contributed by atoms with E-state index in [1.807, 2.05) is 5.32 Å². The molecule has 116 valence electrons. The molecule has 21 heavy (non-hydrogen) atoms. The van der Waals surface area contributed by atoms with Crippen LogP contribution in [0, 0.1) is 5.82 Å². The van der Waals surface area contributed by atoms with Gasteiger partial charge >= 0.3 is 18.2 Å². The highest BCUT2D eigenvalue weighted by atomic mass is 19.4. The second kappa shape index (κ2) is 6.42. The number of anilines is 1. The molecule has 1 atom stereocenters. The van der Waals surface area contributed by atoms with Crippen molar-refractivity contribution in [1.29, 1.82) is 0 Å². The summed E-state index contributed by atoms with van der Waals surface area (Å²) in [6.07, 6.45) is -4.80. The first-order chi connectivity index (χ1) is 9.65. The summed E-state index contributed by atoms with van der Waals surface area (Å²) in [4.78, 5) is 22.2. The zero-order valence-corrected chi connectivity index (χ0v) is 10.8. The van der Waals surface area contributed by atoms with Crippen molar-refractivity contribution in [2.45, 2.75) is 25.6 Å². The van der Waals surface area contributed by atoms with E-state index in [1.165, 1.54) is 6.92 Å². The molecule has 0 aliphatic carbocycles. The van der Waals surface area contributed by atoms with Crippen LogP contribution in [0.15, 0.2) is 18.2 Å². The van der Waals surface area contributed by atoms with Crippen LogP contribution < -0.4 is 10.6 Å². The molecule has 9 heteroatoms. The normalized spacial score (nSPS) is 12.6. The highest BCUT2D eigenvalue weighted by molar-refractivity contribution is 5.92. The predicted molar refractivity (Wildman–Crippen MR) is 65.3 cm³/mol. The van der Waals surface area contributed by atoms with Gasteiger partial charge in [-0.2, -0.15) is 13.2 Å². The standard InChI is InChI=1S/C12H12F4N2O3/c1-2-9(10(19)20)18-11(21)17-6-3-4-8(13)7(5-6)12(14,15)16/h3-5,9H,2H2,1H3,(H,19,20)(H2,17,18,21). The third-order valence-corrected chi connectivity index (χ3v) is 2.54. The smallest absolute Gasteiger partial charge is 0.419 e. The maximum absolute atomic E-state index is 13.0. The van der Waals surface area contributed by atoms with Crippen LogP contribution in [-0.4, -0.2) is 23.1 Å². The number of carbonyl (C=O) groups excluding carboxylic acids is 1. The van der Waals surface area contributed by atoms with Gasteiger partial charge in [-0.15, -0.1) is 0 Å². The van der Waals surface area contributed by atoms with Crippen molar-refractivity contribution >= 4 is 17.7 Å². The van der Waals surface area contributed by atoms with Crippen molar-refractivity contribution < 1.29 is 32.3 Å². The number of carboxylic acid groups (broad SMARTS) is 1. The molecule has 0 spiro atoms. The lowest BCUT2D eigenvalue weighted by Crippen LogP contribution is -2.42. The lowest BCUT2D eigenvalue weighted by Gasteiger charge is -2.14. The molecule has 1 rings (SSSR count). The van der Waals surface area contributed by atoms with Gasteiger partial charge in [0.1, 0.15) is 11.9 Å².